The Labute approximate surface area is 99.2 Å². The first-order valence-corrected chi connectivity index (χ1v) is 6.15. The molecule has 1 aliphatic heterocycles. The zero-order chi connectivity index (χ0) is 12.1. The standard InChI is InChI=1S/C12H25N3O/c1-11-5-7-15(8-6-11)12(16)14(4)10-9-13(2)3/h11H,5-10H2,1-4H3. The van der Waals surface area contributed by atoms with E-state index in [0.29, 0.717) is 0 Å². The van der Waals surface area contributed by atoms with Crippen LogP contribution in [0.2, 0.25) is 0 Å². The van der Waals surface area contributed by atoms with Crippen molar-refractivity contribution in [3.05, 3.63) is 0 Å². The highest BCUT2D eigenvalue weighted by molar-refractivity contribution is 5.74. The fourth-order valence-electron chi connectivity index (χ4n) is 1.89. The van der Waals surface area contributed by atoms with Gasteiger partial charge in [-0.1, -0.05) is 6.92 Å². The maximum Gasteiger partial charge on any atom is 0.319 e. The predicted octanol–water partition coefficient (Wildman–Crippen LogP) is 1.33. The van der Waals surface area contributed by atoms with Crippen LogP contribution in [0.1, 0.15) is 19.8 Å². The number of piperidine rings is 1. The minimum atomic E-state index is 0.189. The molecule has 94 valence electrons. The van der Waals surface area contributed by atoms with E-state index in [1.54, 1.807) is 0 Å². The van der Waals surface area contributed by atoms with Gasteiger partial charge in [0.05, 0.1) is 0 Å². The molecule has 0 radical (unpaired) electrons. The maximum absolute atomic E-state index is 12.1. The van der Waals surface area contributed by atoms with Gasteiger partial charge in [0.1, 0.15) is 0 Å². The molecule has 1 fully saturated rings. The van der Waals surface area contributed by atoms with Crippen LogP contribution in [-0.2, 0) is 0 Å². The summed E-state index contributed by atoms with van der Waals surface area (Å²) in [6, 6.07) is 0.189. The molecule has 1 heterocycles. The Morgan fingerprint density at radius 1 is 1.19 bits per heavy atom. The molecule has 0 bridgehead atoms. The Morgan fingerprint density at radius 2 is 1.75 bits per heavy atom. The van der Waals surface area contributed by atoms with Crippen LogP contribution in [0, 0.1) is 5.92 Å². The van der Waals surface area contributed by atoms with Gasteiger partial charge in [0.2, 0.25) is 0 Å². The zero-order valence-electron chi connectivity index (χ0n) is 11.1. The SMILES string of the molecule is CC1CCN(C(=O)N(C)CCN(C)C)CC1. The smallest absolute Gasteiger partial charge is 0.319 e. The monoisotopic (exact) mass is 227 g/mol. The number of rotatable bonds is 3. The summed E-state index contributed by atoms with van der Waals surface area (Å²) in [5.41, 5.74) is 0. The molecule has 0 saturated carbocycles. The molecule has 0 aromatic heterocycles. The Kier molecular flexibility index (Phi) is 5.06. The van der Waals surface area contributed by atoms with Crippen LogP contribution < -0.4 is 0 Å². The van der Waals surface area contributed by atoms with Gasteiger partial charge in [-0.15, -0.1) is 0 Å². The lowest BCUT2D eigenvalue weighted by molar-refractivity contribution is 0.140. The number of carbonyl (C=O) groups excluding carboxylic acids is 1. The molecule has 1 saturated heterocycles. The number of urea groups is 1. The van der Waals surface area contributed by atoms with Gasteiger partial charge in [-0.3, -0.25) is 0 Å². The van der Waals surface area contributed by atoms with Crippen molar-refractivity contribution in [2.75, 3.05) is 47.3 Å². The number of hydrogen-bond acceptors (Lipinski definition) is 2. The number of carbonyl (C=O) groups is 1. The second kappa shape index (κ2) is 6.09. The van der Waals surface area contributed by atoms with Crippen molar-refractivity contribution >= 4 is 6.03 Å². The first-order valence-electron chi connectivity index (χ1n) is 6.15. The van der Waals surface area contributed by atoms with E-state index in [9.17, 15) is 4.79 Å². The minimum Gasteiger partial charge on any atom is -0.326 e. The molecular weight excluding hydrogens is 202 g/mol. The Hall–Kier alpha value is -0.770. The Bertz CT molecular complexity index is 222. The molecule has 0 unspecified atom stereocenters. The summed E-state index contributed by atoms with van der Waals surface area (Å²) < 4.78 is 0. The van der Waals surface area contributed by atoms with E-state index in [2.05, 4.69) is 11.8 Å². The molecule has 0 aromatic rings. The van der Waals surface area contributed by atoms with Crippen molar-refractivity contribution in [3.8, 4) is 0 Å². The molecular formula is C12H25N3O. The van der Waals surface area contributed by atoms with E-state index in [0.717, 1.165) is 44.9 Å². The minimum absolute atomic E-state index is 0.189. The zero-order valence-corrected chi connectivity index (χ0v) is 11.1. The first-order chi connectivity index (χ1) is 7.50. The van der Waals surface area contributed by atoms with Crippen LogP contribution in [0.3, 0.4) is 0 Å². The lowest BCUT2D eigenvalue weighted by Crippen LogP contribution is -2.46. The predicted molar refractivity (Wildman–Crippen MR) is 66.6 cm³/mol. The molecule has 0 aliphatic carbocycles. The van der Waals surface area contributed by atoms with Crippen LogP contribution >= 0.6 is 0 Å². The van der Waals surface area contributed by atoms with Gasteiger partial charge in [0, 0.05) is 33.2 Å². The summed E-state index contributed by atoms with van der Waals surface area (Å²) in [4.78, 5) is 18.0. The van der Waals surface area contributed by atoms with Crippen molar-refractivity contribution < 1.29 is 4.79 Å². The average Bonchev–Trinajstić information content (AvgIpc) is 2.26. The van der Waals surface area contributed by atoms with Crippen molar-refractivity contribution in [1.82, 2.24) is 14.7 Å². The molecule has 1 rings (SSSR count). The van der Waals surface area contributed by atoms with Crippen molar-refractivity contribution in [2.24, 2.45) is 5.92 Å². The maximum atomic E-state index is 12.1. The van der Waals surface area contributed by atoms with Crippen LogP contribution in [0.4, 0.5) is 4.79 Å². The lowest BCUT2D eigenvalue weighted by atomic mass is 10.00. The van der Waals surface area contributed by atoms with Gasteiger partial charge in [-0.05, 0) is 32.9 Å². The normalized spacial score (nSPS) is 17.9. The second-order valence-electron chi connectivity index (χ2n) is 5.18. The van der Waals surface area contributed by atoms with Crippen LogP contribution in [0.5, 0.6) is 0 Å². The highest BCUT2D eigenvalue weighted by Gasteiger charge is 2.22. The highest BCUT2D eigenvalue weighted by atomic mass is 16.2. The molecule has 16 heavy (non-hydrogen) atoms. The summed E-state index contributed by atoms with van der Waals surface area (Å²) in [5.74, 6) is 0.774. The number of likely N-dealkylation sites (N-methyl/N-ethyl adjacent to an activating group) is 2. The van der Waals surface area contributed by atoms with Gasteiger partial charge >= 0.3 is 6.03 Å². The number of hydrogen-bond donors (Lipinski definition) is 0. The first kappa shape index (κ1) is 13.3. The largest absolute Gasteiger partial charge is 0.326 e. The third-order valence-corrected chi connectivity index (χ3v) is 3.26. The van der Waals surface area contributed by atoms with Crippen molar-refractivity contribution in [2.45, 2.75) is 19.8 Å². The fourth-order valence-corrected chi connectivity index (χ4v) is 1.89. The van der Waals surface area contributed by atoms with E-state index in [1.165, 1.54) is 0 Å². The van der Waals surface area contributed by atoms with Crippen molar-refractivity contribution in [3.63, 3.8) is 0 Å². The van der Waals surface area contributed by atoms with Gasteiger partial charge in [-0.25, -0.2) is 4.79 Å². The third kappa shape index (κ3) is 4.00. The van der Waals surface area contributed by atoms with E-state index >= 15 is 0 Å². The Balaban J connectivity index is 2.32. The molecule has 0 aromatic carbocycles. The van der Waals surface area contributed by atoms with Gasteiger partial charge in [0.15, 0.2) is 0 Å². The van der Waals surface area contributed by atoms with Crippen LogP contribution in [0.25, 0.3) is 0 Å². The van der Waals surface area contributed by atoms with E-state index < -0.39 is 0 Å². The van der Waals surface area contributed by atoms with E-state index in [4.69, 9.17) is 0 Å². The highest BCUT2D eigenvalue weighted by Crippen LogP contribution is 2.16. The quantitative estimate of drug-likeness (QED) is 0.727. The number of likely N-dealkylation sites (tertiary alicyclic amines) is 1. The summed E-state index contributed by atoms with van der Waals surface area (Å²) in [6.45, 7) is 5.83. The number of amides is 2. The van der Waals surface area contributed by atoms with Crippen LogP contribution in [0.15, 0.2) is 0 Å². The fraction of sp³-hybridized carbons (Fsp3) is 0.917. The Morgan fingerprint density at radius 3 is 2.25 bits per heavy atom. The summed E-state index contributed by atoms with van der Waals surface area (Å²) in [6.07, 6.45) is 2.29. The summed E-state index contributed by atoms with van der Waals surface area (Å²) in [7, 11) is 5.95. The molecule has 4 heteroatoms. The lowest BCUT2D eigenvalue weighted by Gasteiger charge is -2.33. The average molecular weight is 227 g/mol. The molecule has 0 N–H and O–H groups in total. The molecule has 0 spiro atoms. The second-order valence-corrected chi connectivity index (χ2v) is 5.18. The summed E-state index contributed by atoms with van der Waals surface area (Å²) >= 11 is 0. The third-order valence-electron chi connectivity index (χ3n) is 3.26. The molecule has 0 atom stereocenters. The number of nitrogens with zero attached hydrogens (tertiary/aromatic N) is 3. The van der Waals surface area contributed by atoms with Crippen LogP contribution in [-0.4, -0.2) is 68.1 Å². The van der Waals surface area contributed by atoms with Gasteiger partial charge < -0.3 is 14.7 Å². The van der Waals surface area contributed by atoms with Crippen molar-refractivity contribution in [1.29, 1.82) is 0 Å². The molecule has 1 aliphatic rings. The van der Waals surface area contributed by atoms with E-state index in [-0.39, 0.29) is 6.03 Å². The van der Waals surface area contributed by atoms with E-state index in [1.807, 2.05) is 30.9 Å². The topological polar surface area (TPSA) is 26.8 Å². The summed E-state index contributed by atoms with van der Waals surface area (Å²) in [5, 5.41) is 0. The van der Waals surface area contributed by atoms with Gasteiger partial charge in [0.25, 0.3) is 0 Å². The van der Waals surface area contributed by atoms with Gasteiger partial charge in [-0.2, -0.15) is 0 Å². The molecule has 2 amide bonds. The molecule has 4 nitrogen and oxygen atoms in total.